The summed E-state index contributed by atoms with van der Waals surface area (Å²) in [6, 6.07) is 3.62. The maximum atomic E-state index is 13.5. The molecule has 0 aliphatic carbocycles. The number of nitrogens with one attached hydrogen (secondary N) is 2. The molecule has 0 spiro atoms. The Bertz CT molecular complexity index is 1410. The first-order chi connectivity index (χ1) is 19.8. The van der Waals surface area contributed by atoms with E-state index in [9.17, 15) is 18.0 Å². The van der Waals surface area contributed by atoms with Gasteiger partial charge in [-0.25, -0.2) is 4.98 Å². The average molecular weight is 592 g/mol. The molecule has 2 aliphatic heterocycles. The molecule has 220 valence electrons. The van der Waals surface area contributed by atoms with Crippen LogP contribution in [0, 0.1) is 17.8 Å². The molecule has 5 rings (SSSR count). The third-order valence-electron chi connectivity index (χ3n) is 7.01. The molecule has 3 aromatic heterocycles. The molecule has 41 heavy (non-hydrogen) atoms. The highest BCUT2D eigenvalue weighted by molar-refractivity contribution is 8.00. The highest BCUT2D eigenvalue weighted by Crippen LogP contribution is 2.39. The molecule has 0 saturated carbocycles. The Hall–Kier alpha value is -3.25. The van der Waals surface area contributed by atoms with Crippen LogP contribution in [0.15, 0.2) is 35.7 Å². The van der Waals surface area contributed by atoms with Crippen LogP contribution in [-0.4, -0.2) is 94.6 Å². The maximum absolute atomic E-state index is 13.5. The molecule has 1 saturated heterocycles. The third kappa shape index (κ3) is 7.73. The van der Waals surface area contributed by atoms with Gasteiger partial charge in [-0.3, -0.25) is 13.9 Å². The number of piperidine rings is 1. The first-order valence-electron chi connectivity index (χ1n) is 13.4. The molecule has 3 aromatic rings. The van der Waals surface area contributed by atoms with Crippen molar-refractivity contribution >= 4 is 29.0 Å². The number of rotatable bonds is 1. The van der Waals surface area contributed by atoms with Gasteiger partial charge in [0.05, 0.1) is 50.4 Å². The van der Waals surface area contributed by atoms with E-state index < -0.39 is 11.4 Å². The normalized spacial score (nSPS) is 21.9. The van der Waals surface area contributed by atoms with E-state index >= 15 is 0 Å². The molecule has 2 N–H and O–H groups in total. The molecule has 1 fully saturated rings. The molecule has 0 unspecified atom stereocenters. The van der Waals surface area contributed by atoms with Crippen LogP contribution in [0.5, 0.6) is 0 Å². The van der Waals surface area contributed by atoms with Crippen molar-refractivity contribution in [1.29, 1.82) is 0 Å². The van der Waals surface area contributed by atoms with Crippen molar-refractivity contribution in [3.8, 4) is 11.8 Å². The molecule has 10 nitrogen and oxygen atoms in total. The van der Waals surface area contributed by atoms with Gasteiger partial charge in [-0.15, -0.1) is 0 Å². The number of likely N-dealkylation sites (tertiary alicyclic amines) is 1. The summed E-state index contributed by atoms with van der Waals surface area (Å²) in [6.45, 7) is 4.08. The van der Waals surface area contributed by atoms with E-state index in [4.69, 9.17) is 9.47 Å². The van der Waals surface area contributed by atoms with Gasteiger partial charge in [0.15, 0.2) is 5.65 Å². The number of thioether (sulfide) groups is 1. The largest absolute Gasteiger partial charge is 0.447 e. The van der Waals surface area contributed by atoms with Crippen LogP contribution in [0.4, 0.5) is 18.9 Å². The van der Waals surface area contributed by atoms with Gasteiger partial charge < -0.3 is 25.0 Å². The fourth-order valence-electron chi connectivity index (χ4n) is 5.02. The van der Waals surface area contributed by atoms with Crippen molar-refractivity contribution in [2.24, 2.45) is 5.92 Å². The summed E-state index contributed by atoms with van der Waals surface area (Å²) in [5.74, 6) is 5.37. The van der Waals surface area contributed by atoms with Crippen molar-refractivity contribution in [3.63, 3.8) is 0 Å². The number of alkyl halides is 3. The number of pyridine rings is 1. The standard InChI is InChI=1S/C27H32F3N7O3S/c1-35-10-6-21-19(17-35)7-12-39-14-15-40-13-11-36-18-20(16-32-36)25(38)31-8-2-4-23-26(41-27(28,29)30)37-9-3-5-22(33-21)24(37)34-23/h3,5,9,16,18-19,21,33H,6-8,10-15,17H2,1H3,(H,31,38)/t19-,21-/m1/s1. The van der Waals surface area contributed by atoms with Crippen LogP contribution < -0.4 is 10.6 Å². The number of anilines is 1. The zero-order chi connectivity index (χ0) is 28.8. The van der Waals surface area contributed by atoms with Crippen LogP contribution in [0.25, 0.3) is 5.65 Å². The van der Waals surface area contributed by atoms with Gasteiger partial charge in [0.25, 0.3) is 5.91 Å². The Morgan fingerprint density at radius 1 is 1.15 bits per heavy atom. The van der Waals surface area contributed by atoms with E-state index in [-0.39, 0.29) is 41.0 Å². The van der Waals surface area contributed by atoms with Gasteiger partial charge in [-0.1, -0.05) is 5.92 Å². The van der Waals surface area contributed by atoms with Gasteiger partial charge in [-0.05, 0) is 50.4 Å². The lowest BCUT2D eigenvalue weighted by Crippen LogP contribution is -2.45. The number of carbonyl (C=O) groups excluding carboxylic acids is 1. The number of hydrogen-bond donors (Lipinski definition) is 2. The molecule has 0 radical (unpaired) electrons. The summed E-state index contributed by atoms with van der Waals surface area (Å²) in [7, 11) is 2.08. The van der Waals surface area contributed by atoms with Gasteiger partial charge in [0, 0.05) is 43.3 Å². The Morgan fingerprint density at radius 3 is 2.80 bits per heavy atom. The first kappa shape index (κ1) is 29.2. The van der Waals surface area contributed by atoms with Crippen molar-refractivity contribution in [2.45, 2.75) is 36.0 Å². The SMILES string of the molecule is CN1CC[C@H]2Nc3cccn4c(SC(F)(F)F)c(nc34)C#CCNC(=O)c3cnn(c3)CCOCCOCC[C@@H]2C1. The fourth-order valence-corrected chi connectivity index (χ4v) is 5.67. The van der Waals surface area contributed by atoms with Crippen molar-refractivity contribution < 1.29 is 27.4 Å². The summed E-state index contributed by atoms with van der Waals surface area (Å²) >= 11 is -0.255. The third-order valence-corrected chi connectivity index (χ3v) is 7.82. The number of ether oxygens (including phenoxy) is 2. The lowest BCUT2D eigenvalue weighted by atomic mass is 9.89. The van der Waals surface area contributed by atoms with Crippen LogP contribution in [0.1, 0.15) is 28.9 Å². The van der Waals surface area contributed by atoms with E-state index in [1.54, 1.807) is 23.1 Å². The Balaban J connectivity index is 1.44. The fraction of sp³-hybridized carbons (Fsp3) is 0.519. The van der Waals surface area contributed by atoms with Gasteiger partial charge >= 0.3 is 5.51 Å². The van der Waals surface area contributed by atoms with E-state index in [0.29, 0.717) is 49.9 Å². The molecule has 2 aliphatic rings. The molecule has 4 bridgehead atoms. The van der Waals surface area contributed by atoms with Crippen LogP contribution >= 0.6 is 11.8 Å². The van der Waals surface area contributed by atoms with Crippen LogP contribution in [-0.2, 0) is 16.0 Å². The zero-order valence-electron chi connectivity index (χ0n) is 22.6. The average Bonchev–Trinajstić information content (AvgIpc) is 3.54. The minimum atomic E-state index is -4.53. The number of fused-ring (bicyclic) bond motifs is 4. The number of amides is 1. The second-order valence-corrected chi connectivity index (χ2v) is 11.0. The lowest BCUT2D eigenvalue weighted by Gasteiger charge is -2.37. The van der Waals surface area contributed by atoms with Crippen LogP contribution in [0.3, 0.4) is 0 Å². The molecule has 14 heteroatoms. The summed E-state index contributed by atoms with van der Waals surface area (Å²) in [5, 5.41) is 10.3. The number of nitrogens with zero attached hydrogens (tertiary/aromatic N) is 5. The summed E-state index contributed by atoms with van der Waals surface area (Å²) in [5.41, 5.74) is -3.18. The zero-order valence-corrected chi connectivity index (χ0v) is 23.4. The molecule has 5 heterocycles. The topological polar surface area (TPSA) is 98.0 Å². The first-order valence-corrected chi connectivity index (χ1v) is 14.3. The Morgan fingerprint density at radius 2 is 1.98 bits per heavy atom. The highest BCUT2D eigenvalue weighted by atomic mass is 32.2. The second-order valence-electron chi connectivity index (χ2n) is 9.98. The van der Waals surface area contributed by atoms with Gasteiger partial charge in [0.1, 0.15) is 10.7 Å². The van der Waals surface area contributed by atoms with Crippen molar-refractivity contribution in [3.05, 3.63) is 42.0 Å². The van der Waals surface area contributed by atoms with Gasteiger partial charge in [0.2, 0.25) is 0 Å². The van der Waals surface area contributed by atoms with Crippen molar-refractivity contribution in [2.75, 3.05) is 58.4 Å². The minimum absolute atomic E-state index is 0.00429. The summed E-state index contributed by atoms with van der Waals surface area (Å²) in [6.07, 6.45) is 6.29. The number of halogens is 3. The second kappa shape index (κ2) is 13.2. The van der Waals surface area contributed by atoms with Gasteiger partial charge in [-0.2, -0.15) is 18.3 Å². The van der Waals surface area contributed by atoms with E-state index in [0.717, 1.165) is 25.9 Å². The van der Waals surface area contributed by atoms with E-state index in [1.165, 1.54) is 10.6 Å². The predicted octanol–water partition coefficient (Wildman–Crippen LogP) is 3.09. The highest BCUT2D eigenvalue weighted by Gasteiger charge is 2.34. The van der Waals surface area contributed by atoms with Crippen molar-refractivity contribution in [1.82, 2.24) is 29.4 Å². The van der Waals surface area contributed by atoms with E-state index in [2.05, 4.69) is 44.5 Å². The number of hydrogen-bond acceptors (Lipinski definition) is 8. The molecular weight excluding hydrogens is 559 g/mol. The number of aromatic nitrogens is 4. The predicted molar refractivity (Wildman–Crippen MR) is 148 cm³/mol. The quantitative estimate of drug-likeness (QED) is 0.329. The molecule has 1 amide bonds. The maximum Gasteiger partial charge on any atom is 0.447 e. The summed E-state index contributed by atoms with van der Waals surface area (Å²) < 4.78 is 55.2. The molecular formula is C27H32F3N7O3S. The number of carbonyl (C=O) groups is 1. The summed E-state index contributed by atoms with van der Waals surface area (Å²) in [4.78, 5) is 19.3. The van der Waals surface area contributed by atoms with Crippen LogP contribution in [0.2, 0.25) is 0 Å². The van der Waals surface area contributed by atoms with E-state index in [1.807, 2.05) is 6.07 Å². The minimum Gasteiger partial charge on any atom is -0.379 e. The number of imidazole rings is 1. The lowest BCUT2D eigenvalue weighted by molar-refractivity contribution is -0.0330. The smallest absolute Gasteiger partial charge is 0.379 e. The molecule has 2 atom stereocenters. The Kier molecular flexibility index (Phi) is 9.39. The Labute approximate surface area is 239 Å². The molecule has 0 aromatic carbocycles. The monoisotopic (exact) mass is 591 g/mol.